The first-order chi connectivity index (χ1) is 18.3. The fourth-order valence-corrected chi connectivity index (χ4v) is 4.62. The normalized spacial score (nSPS) is 22.4. The summed E-state index contributed by atoms with van der Waals surface area (Å²) < 4.78 is 19.0. The van der Waals surface area contributed by atoms with Gasteiger partial charge in [0.2, 0.25) is 0 Å². The Balaban J connectivity index is 0.000000211. The van der Waals surface area contributed by atoms with Gasteiger partial charge in [-0.3, -0.25) is 29.0 Å². The van der Waals surface area contributed by atoms with Crippen LogP contribution in [-0.2, 0) is 51.2 Å². The molecule has 0 radical (unpaired) electrons. The van der Waals surface area contributed by atoms with Crippen molar-refractivity contribution >= 4 is 23.9 Å². The van der Waals surface area contributed by atoms with Gasteiger partial charge in [-0.15, -0.1) is 0 Å². The number of esters is 4. The van der Waals surface area contributed by atoms with Crippen molar-refractivity contribution < 1.29 is 38.1 Å². The predicted octanol–water partition coefficient (Wildman–Crippen LogP) is 1.95. The van der Waals surface area contributed by atoms with Crippen LogP contribution >= 0.6 is 0 Å². The van der Waals surface area contributed by atoms with E-state index in [9.17, 15) is 19.2 Å². The molecule has 2 fully saturated rings. The van der Waals surface area contributed by atoms with Crippen LogP contribution in [0.25, 0.3) is 0 Å². The Morgan fingerprint density at radius 1 is 0.553 bits per heavy atom. The van der Waals surface area contributed by atoms with Gasteiger partial charge in [-0.25, -0.2) is 0 Å². The van der Waals surface area contributed by atoms with E-state index in [1.165, 1.54) is 28.4 Å². The van der Waals surface area contributed by atoms with Gasteiger partial charge in [0.15, 0.2) is 0 Å². The lowest BCUT2D eigenvalue weighted by Gasteiger charge is -2.44. The Hall–Kier alpha value is -3.76. The number of carbonyl (C=O) groups is 4. The summed E-state index contributed by atoms with van der Waals surface area (Å²) in [6, 6.07) is 17.9. The molecule has 2 saturated heterocycles. The molecule has 2 aliphatic heterocycles. The van der Waals surface area contributed by atoms with Crippen LogP contribution in [0, 0.1) is 0 Å². The third-order valence-electron chi connectivity index (χ3n) is 6.80. The Kier molecular flexibility index (Phi) is 10.4. The Labute approximate surface area is 222 Å². The highest BCUT2D eigenvalue weighted by atomic mass is 16.5. The van der Waals surface area contributed by atoms with Gasteiger partial charge >= 0.3 is 23.9 Å². The third kappa shape index (κ3) is 6.76. The third-order valence-corrected chi connectivity index (χ3v) is 6.80. The largest absolute Gasteiger partial charge is 0.468 e. The molecule has 38 heavy (non-hydrogen) atoms. The van der Waals surface area contributed by atoms with Crippen molar-refractivity contribution in [1.29, 1.82) is 0 Å². The van der Waals surface area contributed by atoms with Crippen LogP contribution in [0.4, 0.5) is 0 Å². The topological polar surface area (TPSA) is 112 Å². The lowest BCUT2D eigenvalue weighted by atomic mass is 9.91. The standard InChI is InChI=1S/2C14H17NO4/c2*1-18-13(16)11-8-12(14(17)19-2)15(11)9-10-6-4-3-5-7-10/h2*3-7,11-12H,8-9H2,1-2H3/t2*11-,12+. The number of hydrogen-bond acceptors (Lipinski definition) is 10. The highest BCUT2D eigenvalue weighted by Crippen LogP contribution is 2.30. The van der Waals surface area contributed by atoms with Crippen molar-refractivity contribution in [2.45, 2.75) is 50.1 Å². The molecule has 10 heteroatoms. The Morgan fingerprint density at radius 2 is 0.816 bits per heavy atom. The van der Waals surface area contributed by atoms with Gasteiger partial charge in [-0.05, 0) is 24.0 Å². The Morgan fingerprint density at radius 3 is 1.05 bits per heavy atom. The van der Waals surface area contributed by atoms with E-state index < -0.39 is 0 Å². The number of likely N-dealkylation sites (tertiary alicyclic amines) is 2. The first-order valence-corrected chi connectivity index (χ1v) is 12.2. The Bertz CT molecular complexity index is 963. The smallest absolute Gasteiger partial charge is 0.323 e. The molecular weight excluding hydrogens is 492 g/mol. The van der Waals surface area contributed by atoms with Crippen LogP contribution < -0.4 is 0 Å². The maximum atomic E-state index is 11.6. The number of methoxy groups -OCH3 is 4. The molecule has 0 saturated carbocycles. The van der Waals surface area contributed by atoms with Gasteiger partial charge < -0.3 is 18.9 Å². The van der Waals surface area contributed by atoms with Crippen molar-refractivity contribution in [2.24, 2.45) is 0 Å². The molecule has 4 rings (SSSR count). The molecular formula is C28H34N2O8. The molecule has 0 amide bonds. The highest BCUT2D eigenvalue weighted by Gasteiger charge is 2.48. The van der Waals surface area contributed by atoms with Crippen LogP contribution in [0.15, 0.2) is 60.7 Å². The molecule has 2 heterocycles. The van der Waals surface area contributed by atoms with E-state index in [4.69, 9.17) is 18.9 Å². The molecule has 0 aliphatic carbocycles. The second-order valence-corrected chi connectivity index (χ2v) is 8.94. The first kappa shape index (κ1) is 28.8. The minimum absolute atomic E-state index is 0.309. The van der Waals surface area contributed by atoms with Crippen LogP contribution in [0.5, 0.6) is 0 Å². The monoisotopic (exact) mass is 526 g/mol. The summed E-state index contributed by atoms with van der Waals surface area (Å²) in [5.41, 5.74) is 2.09. The van der Waals surface area contributed by atoms with Crippen molar-refractivity contribution in [3.63, 3.8) is 0 Å². The predicted molar refractivity (Wildman–Crippen MR) is 136 cm³/mol. The second kappa shape index (κ2) is 13.7. The minimum atomic E-state index is -0.366. The average Bonchev–Trinajstić information content (AvgIpc) is 2.94. The molecule has 4 atom stereocenters. The maximum absolute atomic E-state index is 11.6. The molecule has 2 aromatic carbocycles. The number of ether oxygens (including phenoxy) is 4. The van der Waals surface area contributed by atoms with Gasteiger partial charge in [0, 0.05) is 13.1 Å². The summed E-state index contributed by atoms with van der Waals surface area (Å²) in [6.07, 6.45) is 0.901. The molecule has 0 spiro atoms. The van der Waals surface area contributed by atoms with E-state index in [1.807, 2.05) is 70.5 Å². The average molecular weight is 527 g/mol. The van der Waals surface area contributed by atoms with E-state index in [0.29, 0.717) is 25.9 Å². The summed E-state index contributed by atoms with van der Waals surface area (Å²) >= 11 is 0. The van der Waals surface area contributed by atoms with E-state index in [0.717, 1.165) is 11.1 Å². The van der Waals surface area contributed by atoms with Gasteiger partial charge in [-0.1, -0.05) is 60.7 Å². The van der Waals surface area contributed by atoms with Crippen LogP contribution in [0.1, 0.15) is 24.0 Å². The van der Waals surface area contributed by atoms with Crippen molar-refractivity contribution in [2.75, 3.05) is 28.4 Å². The lowest BCUT2D eigenvalue weighted by Crippen LogP contribution is -2.62. The van der Waals surface area contributed by atoms with E-state index in [1.54, 1.807) is 0 Å². The zero-order chi connectivity index (χ0) is 27.7. The number of benzene rings is 2. The van der Waals surface area contributed by atoms with E-state index in [-0.39, 0.29) is 48.0 Å². The zero-order valence-electron chi connectivity index (χ0n) is 22.1. The summed E-state index contributed by atoms with van der Waals surface area (Å²) in [4.78, 5) is 50.2. The van der Waals surface area contributed by atoms with Crippen LogP contribution in [0.3, 0.4) is 0 Å². The molecule has 10 nitrogen and oxygen atoms in total. The van der Waals surface area contributed by atoms with Crippen molar-refractivity contribution in [3.05, 3.63) is 71.8 Å². The fourth-order valence-electron chi connectivity index (χ4n) is 4.62. The SMILES string of the molecule is COC(=O)[C@H]1C[C@@H](C(=O)OC)N1Cc1ccccc1.COC(=O)[C@H]1C[C@@H](C(=O)OC)N1Cc1ccccc1. The molecule has 0 aromatic heterocycles. The van der Waals surface area contributed by atoms with Gasteiger partial charge in [-0.2, -0.15) is 0 Å². The zero-order valence-corrected chi connectivity index (χ0v) is 22.1. The summed E-state index contributed by atoms with van der Waals surface area (Å²) in [5.74, 6) is -1.24. The number of nitrogens with zero attached hydrogens (tertiary/aromatic N) is 2. The van der Waals surface area contributed by atoms with Crippen LogP contribution in [-0.4, -0.2) is 86.3 Å². The van der Waals surface area contributed by atoms with Crippen molar-refractivity contribution in [3.8, 4) is 0 Å². The fraction of sp³-hybridized carbons (Fsp3) is 0.429. The quantitative estimate of drug-likeness (QED) is 0.374. The summed E-state index contributed by atoms with van der Waals surface area (Å²) in [7, 11) is 5.42. The summed E-state index contributed by atoms with van der Waals surface area (Å²) in [6.45, 7) is 1.06. The minimum Gasteiger partial charge on any atom is -0.468 e. The molecule has 2 aromatic rings. The second-order valence-electron chi connectivity index (χ2n) is 8.94. The molecule has 0 bridgehead atoms. The van der Waals surface area contributed by atoms with Gasteiger partial charge in [0.25, 0.3) is 0 Å². The van der Waals surface area contributed by atoms with Crippen molar-refractivity contribution in [1.82, 2.24) is 9.80 Å². The number of carbonyl (C=O) groups excluding carboxylic acids is 4. The maximum Gasteiger partial charge on any atom is 0.323 e. The van der Waals surface area contributed by atoms with Crippen LogP contribution in [0.2, 0.25) is 0 Å². The van der Waals surface area contributed by atoms with Gasteiger partial charge in [0.1, 0.15) is 24.2 Å². The van der Waals surface area contributed by atoms with E-state index in [2.05, 4.69) is 0 Å². The number of hydrogen-bond donors (Lipinski definition) is 0. The molecule has 2 aliphatic rings. The highest BCUT2D eigenvalue weighted by molar-refractivity contribution is 5.84. The lowest BCUT2D eigenvalue weighted by molar-refractivity contribution is -0.169. The first-order valence-electron chi connectivity index (χ1n) is 12.2. The van der Waals surface area contributed by atoms with E-state index >= 15 is 0 Å². The van der Waals surface area contributed by atoms with Gasteiger partial charge in [0.05, 0.1) is 28.4 Å². The number of rotatable bonds is 8. The molecule has 204 valence electrons. The molecule has 0 N–H and O–H groups in total. The summed E-state index contributed by atoms with van der Waals surface area (Å²) in [5, 5.41) is 0. The molecule has 0 unspecified atom stereocenters.